The third-order valence-corrected chi connectivity index (χ3v) is 3.88. The Morgan fingerprint density at radius 2 is 1.96 bits per heavy atom. The second-order valence-electron chi connectivity index (χ2n) is 5.82. The number of carbonyl (C=O) groups excluding carboxylic acids is 1. The number of hydrogen-bond acceptors (Lipinski definition) is 4. The van der Waals surface area contributed by atoms with Crippen molar-refractivity contribution in [3.8, 4) is 11.8 Å². The summed E-state index contributed by atoms with van der Waals surface area (Å²) in [7, 11) is 0. The van der Waals surface area contributed by atoms with Gasteiger partial charge in [-0.25, -0.2) is 0 Å². The number of amides is 1. The Labute approximate surface area is 145 Å². The van der Waals surface area contributed by atoms with Crippen LogP contribution in [0.4, 0.5) is 0 Å². The zero-order valence-electron chi connectivity index (χ0n) is 14.0. The van der Waals surface area contributed by atoms with Gasteiger partial charge in [-0.1, -0.05) is 24.3 Å². The number of benzene rings is 2. The lowest BCUT2D eigenvalue weighted by Crippen LogP contribution is -2.37. The van der Waals surface area contributed by atoms with Gasteiger partial charge < -0.3 is 14.5 Å². The fraction of sp³-hybridized carbons (Fsp3) is 0.200. The highest BCUT2D eigenvalue weighted by atomic mass is 16.5. The number of carbonyl (C=O) groups is 1. The maximum absolute atomic E-state index is 12.4. The Kier molecular flexibility index (Phi) is 4.71. The van der Waals surface area contributed by atoms with E-state index in [0.29, 0.717) is 17.1 Å². The van der Waals surface area contributed by atoms with Crippen LogP contribution in [0.15, 0.2) is 59.0 Å². The molecule has 0 saturated carbocycles. The van der Waals surface area contributed by atoms with Crippen molar-refractivity contribution < 1.29 is 13.9 Å². The molecule has 3 rings (SSSR count). The lowest BCUT2D eigenvalue weighted by molar-refractivity contribution is -0.128. The highest BCUT2D eigenvalue weighted by Gasteiger charge is 2.20. The number of nitrogens with zero attached hydrogens (tertiary/aromatic N) is 1. The average Bonchev–Trinajstić information content (AvgIpc) is 3.06. The molecule has 2 atom stereocenters. The van der Waals surface area contributed by atoms with E-state index in [0.717, 1.165) is 11.0 Å². The summed E-state index contributed by atoms with van der Waals surface area (Å²) >= 11 is 0. The Balaban J connectivity index is 1.65. The molecule has 0 radical (unpaired) electrons. The summed E-state index contributed by atoms with van der Waals surface area (Å²) in [5.41, 5.74) is 1.27. The molecule has 0 aliphatic rings. The molecule has 0 spiro atoms. The molecular formula is C20H18N2O3. The first-order valence-electron chi connectivity index (χ1n) is 8.02. The van der Waals surface area contributed by atoms with E-state index in [1.807, 2.05) is 43.3 Å². The highest BCUT2D eigenvalue weighted by Crippen LogP contribution is 2.23. The predicted molar refractivity (Wildman–Crippen MR) is 94.0 cm³/mol. The van der Waals surface area contributed by atoms with E-state index < -0.39 is 6.10 Å². The third kappa shape index (κ3) is 3.81. The Bertz CT molecular complexity index is 906. The quantitative estimate of drug-likeness (QED) is 0.766. The number of nitriles is 1. The van der Waals surface area contributed by atoms with Gasteiger partial charge in [0, 0.05) is 5.39 Å². The lowest BCUT2D eigenvalue weighted by atomic mass is 10.2. The summed E-state index contributed by atoms with van der Waals surface area (Å²) in [6, 6.07) is 18.1. The van der Waals surface area contributed by atoms with Gasteiger partial charge in [0.1, 0.15) is 17.1 Å². The molecule has 0 bridgehead atoms. The summed E-state index contributed by atoms with van der Waals surface area (Å²) in [6.45, 7) is 3.53. The minimum Gasteiger partial charge on any atom is -0.481 e. The molecule has 126 valence electrons. The molecule has 2 unspecified atom stereocenters. The lowest BCUT2D eigenvalue weighted by Gasteiger charge is -2.17. The second-order valence-corrected chi connectivity index (χ2v) is 5.82. The molecule has 25 heavy (non-hydrogen) atoms. The summed E-state index contributed by atoms with van der Waals surface area (Å²) in [4.78, 5) is 12.4. The fourth-order valence-corrected chi connectivity index (χ4v) is 2.51. The van der Waals surface area contributed by atoms with Crippen molar-refractivity contribution >= 4 is 16.9 Å². The Morgan fingerprint density at radius 3 is 2.72 bits per heavy atom. The number of nitrogens with one attached hydrogen (secondary N) is 1. The van der Waals surface area contributed by atoms with E-state index in [1.165, 1.54) is 0 Å². The van der Waals surface area contributed by atoms with Gasteiger partial charge in [-0.3, -0.25) is 4.79 Å². The maximum atomic E-state index is 12.4. The molecule has 1 amide bonds. The predicted octanol–water partition coefficient (Wildman–Crippen LogP) is 3.95. The molecular weight excluding hydrogens is 316 g/mol. The van der Waals surface area contributed by atoms with E-state index in [9.17, 15) is 4.79 Å². The van der Waals surface area contributed by atoms with Gasteiger partial charge in [-0.15, -0.1) is 0 Å². The zero-order chi connectivity index (χ0) is 17.8. The van der Waals surface area contributed by atoms with Crippen molar-refractivity contribution in [3.05, 3.63) is 65.9 Å². The van der Waals surface area contributed by atoms with Gasteiger partial charge >= 0.3 is 0 Å². The van der Waals surface area contributed by atoms with Crippen molar-refractivity contribution in [1.82, 2.24) is 5.32 Å². The van der Waals surface area contributed by atoms with Crippen LogP contribution in [0.2, 0.25) is 0 Å². The summed E-state index contributed by atoms with van der Waals surface area (Å²) < 4.78 is 11.4. The average molecular weight is 334 g/mol. The summed E-state index contributed by atoms with van der Waals surface area (Å²) in [5, 5.41) is 12.8. The topological polar surface area (TPSA) is 75.3 Å². The number of rotatable bonds is 5. The van der Waals surface area contributed by atoms with Crippen LogP contribution < -0.4 is 10.1 Å². The summed E-state index contributed by atoms with van der Waals surface area (Å²) in [6.07, 6.45) is -0.694. The molecule has 5 nitrogen and oxygen atoms in total. The highest BCUT2D eigenvalue weighted by molar-refractivity contribution is 5.82. The first-order chi connectivity index (χ1) is 12.1. The fourth-order valence-electron chi connectivity index (χ4n) is 2.51. The minimum absolute atomic E-state index is 0.254. The van der Waals surface area contributed by atoms with Crippen LogP contribution in [0.1, 0.15) is 31.2 Å². The number of furan rings is 1. The monoisotopic (exact) mass is 334 g/mol. The number of ether oxygens (including phenoxy) is 1. The molecule has 1 N–H and O–H groups in total. The smallest absolute Gasteiger partial charge is 0.261 e. The number of para-hydroxylation sites is 1. The normalized spacial score (nSPS) is 13.0. The van der Waals surface area contributed by atoms with E-state index in [1.54, 1.807) is 31.2 Å². The van der Waals surface area contributed by atoms with Crippen LogP contribution in [-0.4, -0.2) is 12.0 Å². The molecule has 2 aromatic carbocycles. The van der Waals surface area contributed by atoms with Crippen molar-refractivity contribution in [1.29, 1.82) is 5.26 Å². The molecule has 0 saturated heterocycles. The molecule has 1 aromatic heterocycles. The first kappa shape index (κ1) is 16.6. The Hall–Kier alpha value is -3.26. The zero-order valence-corrected chi connectivity index (χ0v) is 14.0. The molecule has 3 aromatic rings. The number of hydrogen-bond donors (Lipinski definition) is 1. The van der Waals surface area contributed by atoms with Crippen molar-refractivity contribution in [2.24, 2.45) is 0 Å². The van der Waals surface area contributed by atoms with E-state index >= 15 is 0 Å². The molecule has 0 aliphatic heterocycles. The first-order valence-corrected chi connectivity index (χ1v) is 8.02. The van der Waals surface area contributed by atoms with Crippen LogP contribution >= 0.6 is 0 Å². The van der Waals surface area contributed by atoms with E-state index in [-0.39, 0.29) is 11.9 Å². The van der Waals surface area contributed by atoms with Gasteiger partial charge in [0.25, 0.3) is 5.91 Å². The van der Waals surface area contributed by atoms with Crippen molar-refractivity contribution in [2.45, 2.75) is 26.0 Å². The van der Waals surface area contributed by atoms with E-state index in [4.69, 9.17) is 14.4 Å². The summed E-state index contributed by atoms with van der Waals surface area (Å²) in [5.74, 6) is 0.918. The molecule has 0 fully saturated rings. The third-order valence-electron chi connectivity index (χ3n) is 3.88. The van der Waals surface area contributed by atoms with E-state index in [2.05, 4.69) is 5.32 Å². The van der Waals surface area contributed by atoms with Crippen LogP contribution in [0.25, 0.3) is 11.0 Å². The van der Waals surface area contributed by atoms with Crippen LogP contribution in [0.3, 0.4) is 0 Å². The maximum Gasteiger partial charge on any atom is 0.261 e. The van der Waals surface area contributed by atoms with Gasteiger partial charge in [0.05, 0.1) is 17.7 Å². The van der Waals surface area contributed by atoms with Crippen LogP contribution in [0, 0.1) is 11.3 Å². The number of fused-ring (bicyclic) bond motifs is 1. The molecule has 0 aliphatic carbocycles. The van der Waals surface area contributed by atoms with Crippen LogP contribution in [-0.2, 0) is 4.79 Å². The molecule has 5 heteroatoms. The minimum atomic E-state index is -0.694. The Morgan fingerprint density at radius 1 is 1.16 bits per heavy atom. The molecule has 1 heterocycles. The van der Waals surface area contributed by atoms with Gasteiger partial charge in [0.15, 0.2) is 6.10 Å². The van der Waals surface area contributed by atoms with Crippen LogP contribution in [0.5, 0.6) is 5.75 Å². The largest absolute Gasteiger partial charge is 0.481 e. The standard InChI is InChI=1S/C20H18N2O3/c1-13(19-11-16-7-3-4-9-18(16)25-19)22-20(23)14(2)24-17-8-5-6-15(10-17)12-21/h3-11,13-14H,1-2H3,(H,22,23). The van der Waals surface area contributed by atoms with Gasteiger partial charge in [-0.05, 0) is 44.2 Å². The van der Waals surface area contributed by atoms with Crippen molar-refractivity contribution in [3.63, 3.8) is 0 Å². The SMILES string of the molecule is CC(Oc1cccc(C#N)c1)C(=O)NC(C)c1cc2ccccc2o1. The van der Waals surface area contributed by atoms with Crippen molar-refractivity contribution in [2.75, 3.05) is 0 Å². The van der Waals surface area contributed by atoms with Gasteiger partial charge in [0.2, 0.25) is 0 Å². The second kappa shape index (κ2) is 7.10. The van der Waals surface area contributed by atoms with Gasteiger partial charge in [-0.2, -0.15) is 5.26 Å².